The van der Waals surface area contributed by atoms with Crippen LogP contribution in [-0.4, -0.2) is 5.11 Å². The second kappa shape index (κ2) is 5.13. The third-order valence-corrected chi connectivity index (χ3v) is 3.89. The van der Waals surface area contributed by atoms with Crippen molar-refractivity contribution in [1.29, 1.82) is 0 Å². The first kappa shape index (κ1) is 11.8. The molecule has 3 heteroatoms. The van der Waals surface area contributed by atoms with Crippen LogP contribution in [0.3, 0.4) is 0 Å². The van der Waals surface area contributed by atoms with Crippen molar-refractivity contribution in [3.05, 3.63) is 56.2 Å². The summed E-state index contributed by atoms with van der Waals surface area (Å²) in [5.74, 6) is 0. The average molecular weight is 297 g/mol. The van der Waals surface area contributed by atoms with E-state index in [-0.39, 0.29) is 0 Å². The minimum Gasteiger partial charge on any atom is -0.388 e. The van der Waals surface area contributed by atoms with Gasteiger partial charge in [0.15, 0.2) is 0 Å². The number of halogens is 1. The lowest BCUT2D eigenvalue weighted by Crippen LogP contribution is -2.00. The van der Waals surface area contributed by atoms with Crippen molar-refractivity contribution in [2.24, 2.45) is 0 Å². The van der Waals surface area contributed by atoms with E-state index >= 15 is 0 Å². The summed E-state index contributed by atoms with van der Waals surface area (Å²) in [6.07, 6.45) is 0.273. The molecule has 1 atom stereocenters. The van der Waals surface area contributed by atoms with Crippen molar-refractivity contribution in [1.82, 2.24) is 0 Å². The van der Waals surface area contributed by atoms with E-state index in [0.29, 0.717) is 6.42 Å². The lowest BCUT2D eigenvalue weighted by molar-refractivity contribution is 0.179. The topological polar surface area (TPSA) is 20.2 Å². The predicted molar refractivity (Wildman–Crippen MR) is 71.9 cm³/mol. The number of aryl methyl sites for hydroxylation is 1. The van der Waals surface area contributed by atoms with Gasteiger partial charge in [0.1, 0.15) is 0 Å². The third-order valence-electron chi connectivity index (χ3n) is 2.48. The molecule has 1 nitrogen and oxygen atoms in total. The van der Waals surface area contributed by atoms with E-state index < -0.39 is 6.10 Å². The summed E-state index contributed by atoms with van der Waals surface area (Å²) in [6.45, 7) is 2.06. The molecule has 0 saturated carbocycles. The van der Waals surface area contributed by atoms with Crippen molar-refractivity contribution in [2.45, 2.75) is 19.4 Å². The second-order valence-electron chi connectivity index (χ2n) is 3.84. The quantitative estimate of drug-likeness (QED) is 0.904. The van der Waals surface area contributed by atoms with Gasteiger partial charge in [-0.15, -0.1) is 11.3 Å². The number of aliphatic hydroxyl groups excluding tert-OH is 1. The van der Waals surface area contributed by atoms with Crippen molar-refractivity contribution in [3.63, 3.8) is 0 Å². The normalized spacial score (nSPS) is 12.7. The smallest absolute Gasteiger partial charge is 0.0838 e. The Balaban J connectivity index is 2.07. The zero-order valence-corrected chi connectivity index (χ0v) is 11.4. The molecule has 0 aliphatic rings. The molecule has 2 aromatic rings. The summed E-state index contributed by atoms with van der Waals surface area (Å²) in [5.41, 5.74) is 2.17. The molecule has 84 valence electrons. The lowest BCUT2D eigenvalue weighted by Gasteiger charge is -2.08. The van der Waals surface area contributed by atoms with Crippen molar-refractivity contribution in [3.8, 4) is 0 Å². The molecule has 1 aromatic carbocycles. The van der Waals surface area contributed by atoms with Gasteiger partial charge in [-0.25, -0.2) is 0 Å². The monoisotopic (exact) mass is 296 g/mol. The van der Waals surface area contributed by atoms with Crippen LogP contribution < -0.4 is 0 Å². The highest BCUT2D eigenvalue weighted by Crippen LogP contribution is 2.23. The number of hydrogen-bond acceptors (Lipinski definition) is 2. The summed E-state index contributed by atoms with van der Waals surface area (Å²) in [5, 5.41) is 12.1. The highest BCUT2D eigenvalue weighted by atomic mass is 79.9. The Morgan fingerprint density at radius 1 is 1.31 bits per heavy atom. The molecule has 2 rings (SSSR count). The maximum Gasteiger partial charge on any atom is 0.0838 e. The molecule has 0 radical (unpaired) electrons. The molecular weight excluding hydrogens is 284 g/mol. The van der Waals surface area contributed by atoms with Crippen LogP contribution in [-0.2, 0) is 6.42 Å². The average Bonchev–Trinajstić information content (AvgIpc) is 2.68. The van der Waals surface area contributed by atoms with E-state index in [4.69, 9.17) is 0 Å². The fourth-order valence-corrected chi connectivity index (χ4v) is 2.62. The van der Waals surface area contributed by atoms with Gasteiger partial charge in [0.05, 0.1) is 6.10 Å². The lowest BCUT2D eigenvalue weighted by atomic mass is 10.0. The largest absolute Gasteiger partial charge is 0.388 e. The zero-order chi connectivity index (χ0) is 11.5. The Kier molecular flexibility index (Phi) is 3.79. The number of hydrogen-bond donors (Lipinski definition) is 1. The maximum absolute atomic E-state index is 10.1. The van der Waals surface area contributed by atoms with Gasteiger partial charge in [0, 0.05) is 15.8 Å². The van der Waals surface area contributed by atoms with Gasteiger partial charge in [-0.05, 0) is 41.6 Å². The van der Waals surface area contributed by atoms with E-state index in [9.17, 15) is 5.11 Å². The highest BCUT2D eigenvalue weighted by molar-refractivity contribution is 9.10. The SMILES string of the molecule is Cc1cc(C(O)Cc2ccc(Br)cc2)cs1. The van der Waals surface area contributed by atoms with E-state index in [2.05, 4.69) is 22.9 Å². The van der Waals surface area contributed by atoms with Crippen LogP contribution in [0.5, 0.6) is 0 Å². The first-order chi connectivity index (χ1) is 7.65. The fraction of sp³-hybridized carbons (Fsp3) is 0.231. The molecule has 0 aliphatic carbocycles. The molecule has 0 fully saturated rings. The van der Waals surface area contributed by atoms with Gasteiger partial charge >= 0.3 is 0 Å². The van der Waals surface area contributed by atoms with Crippen LogP contribution >= 0.6 is 27.3 Å². The Bertz CT molecular complexity index is 461. The van der Waals surface area contributed by atoms with Gasteiger partial charge in [0.25, 0.3) is 0 Å². The number of benzene rings is 1. The minimum atomic E-state index is -0.397. The van der Waals surface area contributed by atoms with Crippen LogP contribution in [0.25, 0.3) is 0 Å². The van der Waals surface area contributed by atoms with E-state index in [1.54, 1.807) is 11.3 Å². The van der Waals surface area contributed by atoms with Crippen molar-refractivity contribution < 1.29 is 5.11 Å². The van der Waals surface area contributed by atoms with E-state index in [0.717, 1.165) is 15.6 Å². The van der Waals surface area contributed by atoms with Gasteiger partial charge in [-0.2, -0.15) is 0 Å². The van der Waals surface area contributed by atoms with Gasteiger partial charge in [0.2, 0.25) is 0 Å². The standard InChI is InChI=1S/C13H13BrOS/c1-9-6-11(8-16-9)13(15)7-10-2-4-12(14)5-3-10/h2-6,8,13,15H,7H2,1H3. The summed E-state index contributed by atoms with van der Waals surface area (Å²) in [7, 11) is 0. The first-order valence-electron chi connectivity index (χ1n) is 5.12. The van der Waals surface area contributed by atoms with Crippen LogP contribution in [0.1, 0.15) is 22.1 Å². The van der Waals surface area contributed by atoms with E-state index in [1.165, 1.54) is 4.88 Å². The molecule has 0 saturated heterocycles. The molecule has 1 N–H and O–H groups in total. The predicted octanol–water partition coefficient (Wildman–Crippen LogP) is 4.10. The Morgan fingerprint density at radius 3 is 2.56 bits per heavy atom. The molecule has 0 amide bonds. The van der Waals surface area contributed by atoms with Crippen molar-refractivity contribution in [2.75, 3.05) is 0 Å². The van der Waals surface area contributed by atoms with Gasteiger partial charge < -0.3 is 5.11 Å². The first-order valence-corrected chi connectivity index (χ1v) is 6.80. The van der Waals surface area contributed by atoms with Crippen LogP contribution in [0, 0.1) is 6.92 Å². The minimum absolute atomic E-state index is 0.397. The van der Waals surface area contributed by atoms with Gasteiger partial charge in [-0.3, -0.25) is 0 Å². The fourth-order valence-electron chi connectivity index (χ4n) is 1.60. The Morgan fingerprint density at radius 2 is 2.00 bits per heavy atom. The molecule has 16 heavy (non-hydrogen) atoms. The number of rotatable bonds is 3. The maximum atomic E-state index is 10.1. The number of thiophene rings is 1. The molecule has 1 unspecified atom stereocenters. The van der Waals surface area contributed by atoms with Crippen LogP contribution in [0.4, 0.5) is 0 Å². The molecule has 0 bridgehead atoms. The Labute approximate surface area is 108 Å². The molecule has 1 aromatic heterocycles. The second-order valence-corrected chi connectivity index (χ2v) is 5.87. The van der Waals surface area contributed by atoms with Crippen LogP contribution in [0.2, 0.25) is 0 Å². The summed E-state index contributed by atoms with van der Waals surface area (Å²) < 4.78 is 1.07. The summed E-state index contributed by atoms with van der Waals surface area (Å²) in [6, 6.07) is 10.1. The molecule has 0 spiro atoms. The highest BCUT2D eigenvalue weighted by Gasteiger charge is 2.09. The van der Waals surface area contributed by atoms with Crippen molar-refractivity contribution >= 4 is 27.3 Å². The summed E-state index contributed by atoms with van der Waals surface area (Å²) >= 11 is 5.08. The molecule has 1 heterocycles. The van der Waals surface area contributed by atoms with Gasteiger partial charge in [-0.1, -0.05) is 28.1 Å². The third kappa shape index (κ3) is 2.94. The molecule has 0 aliphatic heterocycles. The number of aliphatic hydroxyl groups is 1. The Hall–Kier alpha value is -0.640. The summed E-state index contributed by atoms with van der Waals surface area (Å²) in [4.78, 5) is 1.24. The zero-order valence-electron chi connectivity index (χ0n) is 8.98. The van der Waals surface area contributed by atoms with Crippen LogP contribution in [0.15, 0.2) is 40.2 Å². The molecular formula is C13H13BrOS. The van der Waals surface area contributed by atoms with E-state index in [1.807, 2.05) is 35.7 Å².